The summed E-state index contributed by atoms with van der Waals surface area (Å²) in [5.74, 6) is 0. The van der Waals surface area contributed by atoms with Gasteiger partial charge in [0.15, 0.2) is 0 Å². The lowest BCUT2D eigenvalue weighted by Gasteiger charge is -2.38. The predicted octanol–water partition coefficient (Wildman–Crippen LogP) is 0.250. The van der Waals surface area contributed by atoms with Crippen molar-refractivity contribution in [1.82, 2.24) is 9.80 Å². The van der Waals surface area contributed by atoms with Gasteiger partial charge in [-0.3, -0.25) is 0 Å². The van der Waals surface area contributed by atoms with E-state index in [1.54, 1.807) is 0 Å². The first-order chi connectivity index (χ1) is 7.70. The SMILES string of the molecule is CC1CN(C(=O)N2CCCC2)CC(CN)O1. The average Bonchev–Trinajstić information content (AvgIpc) is 2.80. The van der Waals surface area contributed by atoms with Gasteiger partial charge >= 0.3 is 6.03 Å². The Labute approximate surface area is 96.5 Å². The topological polar surface area (TPSA) is 58.8 Å². The molecule has 5 nitrogen and oxygen atoms in total. The summed E-state index contributed by atoms with van der Waals surface area (Å²) in [7, 11) is 0. The molecule has 0 aliphatic carbocycles. The van der Waals surface area contributed by atoms with Gasteiger partial charge in [0.2, 0.25) is 0 Å². The number of likely N-dealkylation sites (tertiary alicyclic amines) is 1. The second kappa shape index (κ2) is 5.01. The van der Waals surface area contributed by atoms with Crippen molar-refractivity contribution < 1.29 is 9.53 Å². The predicted molar refractivity (Wildman–Crippen MR) is 61.2 cm³/mol. The Balaban J connectivity index is 1.94. The summed E-state index contributed by atoms with van der Waals surface area (Å²) in [4.78, 5) is 16.0. The van der Waals surface area contributed by atoms with E-state index in [9.17, 15) is 4.79 Å². The van der Waals surface area contributed by atoms with Crippen LogP contribution < -0.4 is 5.73 Å². The van der Waals surface area contributed by atoms with Gasteiger partial charge in [0.05, 0.1) is 12.2 Å². The number of urea groups is 1. The highest BCUT2D eigenvalue weighted by molar-refractivity contribution is 5.74. The van der Waals surface area contributed by atoms with Crippen molar-refractivity contribution >= 4 is 6.03 Å². The molecular formula is C11H21N3O2. The van der Waals surface area contributed by atoms with Gasteiger partial charge in [0.25, 0.3) is 0 Å². The molecule has 2 unspecified atom stereocenters. The van der Waals surface area contributed by atoms with Crippen LogP contribution in [0.2, 0.25) is 0 Å². The third-order valence-corrected chi connectivity index (χ3v) is 3.24. The number of amides is 2. The molecule has 2 fully saturated rings. The van der Waals surface area contributed by atoms with E-state index in [1.807, 2.05) is 16.7 Å². The molecule has 0 saturated carbocycles. The molecule has 0 radical (unpaired) electrons. The molecule has 0 bridgehead atoms. The van der Waals surface area contributed by atoms with Gasteiger partial charge in [-0.1, -0.05) is 0 Å². The molecule has 2 aliphatic rings. The van der Waals surface area contributed by atoms with Gasteiger partial charge in [0.1, 0.15) is 0 Å². The van der Waals surface area contributed by atoms with Gasteiger partial charge in [-0.2, -0.15) is 0 Å². The molecule has 2 amide bonds. The van der Waals surface area contributed by atoms with Crippen molar-refractivity contribution in [3.63, 3.8) is 0 Å². The number of hydrogen-bond acceptors (Lipinski definition) is 3. The summed E-state index contributed by atoms with van der Waals surface area (Å²) in [6.07, 6.45) is 2.35. The molecular weight excluding hydrogens is 206 g/mol. The van der Waals surface area contributed by atoms with Gasteiger partial charge in [0, 0.05) is 32.7 Å². The van der Waals surface area contributed by atoms with Gasteiger partial charge in [-0.05, 0) is 19.8 Å². The molecule has 0 aromatic heterocycles. The summed E-state index contributed by atoms with van der Waals surface area (Å²) >= 11 is 0. The molecule has 92 valence electrons. The van der Waals surface area contributed by atoms with Crippen LogP contribution in [-0.2, 0) is 4.74 Å². The van der Waals surface area contributed by atoms with Crippen LogP contribution in [0.3, 0.4) is 0 Å². The first-order valence-corrected chi connectivity index (χ1v) is 6.10. The molecule has 0 aromatic carbocycles. The molecule has 2 aliphatic heterocycles. The second-order valence-corrected chi connectivity index (χ2v) is 4.69. The van der Waals surface area contributed by atoms with E-state index in [2.05, 4.69) is 0 Å². The van der Waals surface area contributed by atoms with E-state index < -0.39 is 0 Å². The normalized spacial score (nSPS) is 30.9. The van der Waals surface area contributed by atoms with E-state index in [4.69, 9.17) is 10.5 Å². The van der Waals surface area contributed by atoms with Crippen molar-refractivity contribution in [2.45, 2.75) is 32.0 Å². The van der Waals surface area contributed by atoms with E-state index in [1.165, 1.54) is 0 Å². The molecule has 0 spiro atoms. The lowest BCUT2D eigenvalue weighted by atomic mass is 10.2. The number of rotatable bonds is 1. The Kier molecular flexibility index (Phi) is 3.66. The monoisotopic (exact) mass is 227 g/mol. The van der Waals surface area contributed by atoms with Crippen molar-refractivity contribution in [3.05, 3.63) is 0 Å². The van der Waals surface area contributed by atoms with Crippen molar-refractivity contribution in [1.29, 1.82) is 0 Å². The third kappa shape index (κ3) is 2.47. The quantitative estimate of drug-likeness (QED) is 0.698. The molecule has 2 heterocycles. The van der Waals surface area contributed by atoms with Crippen LogP contribution in [-0.4, -0.2) is 60.8 Å². The Morgan fingerprint density at radius 2 is 2.00 bits per heavy atom. The maximum absolute atomic E-state index is 12.2. The minimum absolute atomic E-state index is 0.00435. The van der Waals surface area contributed by atoms with E-state index in [0.29, 0.717) is 19.6 Å². The molecule has 2 rings (SSSR count). The van der Waals surface area contributed by atoms with Crippen LogP contribution in [0.1, 0.15) is 19.8 Å². The van der Waals surface area contributed by atoms with Crippen molar-refractivity contribution in [2.24, 2.45) is 5.73 Å². The third-order valence-electron chi connectivity index (χ3n) is 3.24. The maximum atomic E-state index is 12.2. The fourth-order valence-corrected chi connectivity index (χ4v) is 2.44. The number of carbonyl (C=O) groups excluding carboxylic acids is 1. The fourth-order valence-electron chi connectivity index (χ4n) is 2.44. The number of nitrogens with zero attached hydrogens (tertiary/aromatic N) is 2. The highest BCUT2D eigenvalue weighted by Gasteiger charge is 2.31. The minimum Gasteiger partial charge on any atom is -0.370 e. The smallest absolute Gasteiger partial charge is 0.320 e. The molecule has 0 aromatic rings. The van der Waals surface area contributed by atoms with E-state index in [-0.39, 0.29) is 18.2 Å². The van der Waals surface area contributed by atoms with Crippen LogP contribution in [0.15, 0.2) is 0 Å². The molecule has 2 N–H and O–H groups in total. The van der Waals surface area contributed by atoms with Crippen LogP contribution >= 0.6 is 0 Å². The Morgan fingerprint density at radius 3 is 2.62 bits per heavy atom. The lowest BCUT2D eigenvalue weighted by molar-refractivity contribution is -0.0617. The molecule has 2 atom stereocenters. The first-order valence-electron chi connectivity index (χ1n) is 6.10. The zero-order valence-electron chi connectivity index (χ0n) is 9.89. The largest absolute Gasteiger partial charge is 0.370 e. The summed E-state index contributed by atoms with van der Waals surface area (Å²) in [6.45, 7) is 5.60. The highest BCUT2D eigenvalue weighted by Crippen LogP contribution is 2.15. The summed E-state index contributed by atoms with van der Waals surface area (Å²) in [5.41, 5.74) is 5.60. The number of ether oxygens (including phenoxy) is 1. The number of nitrogens with two attached hydrogens (primary N) is 1. The zero-order valence-corrected chi connectivity index (χ0v) is 9.89. The van der Waals surface area contributed by atoms with Crippen LogP contribution in [0.4, 0.5) is 4.79 Å². The highest BCUT2D eigenvalue weighted by atomic mass is 16.5. The minimum atomic E-state index is -0.00435. The van der Waals surface area contributed by atoms with Crippen LogP contribution in [0.5, 0.6) is 0 Å². The maximum Gasteiger partial charge on any atom is 0.320 e. The Morgan fingerprint density at radius 1 is 1.31 bits per heavy atom. The Bertz CT molecular complexity index is 254. The van der Waals surface area contributed by atoms with E-state index in [0.717, 1.165) is 25.9 Å². The molecule has 5 heteroatoms. The fraction of sp³-hybridized carbons (Fsp3) is 0.909. The second-order valence-electron chi connectivity index (χ2n) is 4.69. The van der Waals surface area contributed by atoms with Gasteiger partial charge < -0.3 is 20.3 Å². The van der Waals surface area contributed by atoms with E-state index >= 15 is 0 Å². The van der Waals surface area contributed by atoms with Crippen LogP contribution in [0, 0.1) is 0 Å². The molecule has 16 heavy (non-hydrogen) atoms. The Hall–Kier alpha value is -0.810. The number of hydrogen-bond donors (Lipinski definition) is 1. The van der Waals surface area contributed by atoms with Crippen LogP contribution in [0.25, 0.3) is 0 Å². The standard InChI is InChI=1S/C11H21N3O2/c1-9-7-14(8-10(6-12)16-9)11(15)13-4-2-3-5-13/h9-10H,2-8,12H2,1H3. The lowest BCUT2D eigenvalue weighted by Crippen LogP contribution is -2.54. The summed E-state index contributed by atoms with van der Waals surface area (Å²) in [5, 5.41) is 0. The van der Waals surface area contributed by atoms with Crippen molar-refractivity contribution in [3.8, 4) is 0 Å². The number of morpholine rings is 1. The van der Waals surface area contributed by atoms with Crippen molar-refractivity contribution in [2.75, 3.05) is 32.7 Å². The average molecular weight is 227 g/mol. The number of carbonyl (C=O) groups is 1. The van der Waals surface area contributed by atoms with Gasteiger partial charge in [-0.25, -0.2) is 4.79 Å². The summed E-state index contributed by atoms with van der Waals surface area (Å²) in [6, 6.07) is 0.158. The first kappa shape index (κ1) is 11.7. The zero-order chi connectivity index (χ0) is 11.5. The molecule has 2 saturated heterocycles. The van der Waals surface area contributed by atoms with Gasteiger partial charge in [-0.15, -0.1) is 0 Å². The summed E-state index contributed by atoms with van der Waals surface area (Å²) < 4.78 is 5.64.